The summed E-state index contributed by atoms with van der Waals surface area (Å²) in [5.74, 6) is 0.544. The number of nitrogens with one attached hydrogen (secondary N) is 1. The van der Waals surface area contributed by atoms with E-state index in [1.165, 1.54) is 11.3 Å². The number of hydrogen-bond donors (Lipinski definition) is 1. The van der Waals surface area contributed by atoms with Crippen molar-refractivity contribution in [3.05, 3.63) is 47.2 Å². The smallest absolute Gasteiger partial charge is 0.228 e. The summed E-state index contributed by atoms with van der Waals surface area (Å²) in [5, 5.41) is 5.82. The molecule has 100 valence electrons. The Balaban J connectivity index is 1.87. The van der Waals surface area contributed by atoms with Gasteiger partial charge in [0.2, 0.25) is 5.95 Å². The first kappa shape index (κ1) is 12.7. The van der Waals surface area contributed by atoms with E-state index in [1.807, 2.05) is 25.4 Å². The maximum absolute atomic E-state index is 4.53. The fourth-order valence-electron chi connectivity index (χ4n) is 1.88. The molecule has 0 unspecified atom stereocenters. The Labute approximate surface area is 120 Å². The molecule has 1 N–H and O–H groups in total. The van der Waals surface area contributed by atoms with E-state index in [4.69, 9.17) is 0 Å². The molecule has 20 heavy (non-hydrogen) atoms. The van der Waals surface area contributed by atoms with Gasteiger partial charge >= 0.3 is 0 Å². The predicted molar refractivity (Wildman–Crippen MR) is 80.1 cm³/mol. The van der Waals surface area contributed by atoms with E-state index in [0.29, 0.717) is 5.95 Å². The summed E-state index contributed by atoms with van der Waals surface area (Å²) in [7, 11) is 0. The largest absolute Gasteiger partial charge is 0.300 e. The molecule has 0 spiro atoms. The van der Waals surface area contributed by atoms with E-state index >= 15 is 0 Å². The highest BCUT2D eigenvalue weighted by atomic mass is 32.1. The molecule has 0 aromatic carbocycles. The number of aromatic nitrogens is 4. The monoisotopic (exact) mass is 283 g/mol. The summed E-state index contributed by atoms with van der Waals surface area (Å²) in [6, 6.07) is 3.88. The second kappa shape index (κ2) is 5.34. The minimum absolute atomic E-state index is 0.544. The molecule has 3 rings (SSSR count). The van der Waals surface area contributed by atoms with Gasteiger partial charge in [-0.05, 0) is 31.0 Å². The molecule has 0 fully saturated rings. The maximum atomic E-state index is 4.53. The number of pyridine rings is 1. The average Bonchev–Trinajstić information content (AvgIpc) is 2.88. The topological polar surface area (TPSA) is 63.6 Å². The molecule has 0 aliphatic rings. The van der Waals surface area contributed by atoms with E-state index in [1.54, 1.807) is 18.5 Å². The quantitative estimate of drug-likeness (QED) is 0.798. The number of aryl methyl sites for hydroxylation is 2. The highest BCUT2D eigenvalue weighted by molar-refractivity contribution is 7.14. The highest BCUT2D eigenvalue weighted by Gasteiger charge is 2.09. The minimum Gasteiger partial charge on any atom is -0.300 e. The van der Waals surface area contributed by atoms with Crippen LogP contribution in [0.25, 0.3) is 11.4 Å². The minimum atomic E-state index is 0.544. The van der Waals surface area contributed by atoms with Crippen LogP contribution >= 0.6 is 11.3 Å². The van der Waals surface area contributed by atoms with E-state index in [-0.39, 0.29) is 0 Å². The Morgan fingerprint density at radius 2 is 1.90 bits per heavy atom. The Bertz CT molecular complexity index is 723. The summed E-state index contributed by atoms with van der Waals surface area (Å²) in [5.41, 5.74) is 4.05. The molecule has 5 nitrogen and oxygen atoms in total. The van der Waals surface area contributed by atoms with Gasteiger partial charge in [0, 0.05) is 24.0 Å². The van der Waals surface area contributed by atoms with Crippen molar-refractivity contribution in [1.29, 1.82) is 0 Å². The second-order valence-corrected chi connectivity index (χ2v) is 5.27. The lowest BCUT2D eigenvalue weighted by Crippen LogP contribution is -1.95. The summed E-state index contributed by atoms with van der Waals surface area (Å²) < 4.78 is 0. The third kappa shape index (κ3) is 2.65. The summed E-state index contributed by atoms with van der Waals surface area (Å²) in [4.78, 5) is 17.2. The van der Waals surface area contributed by atoms with Gasteiger partial charge in [0.25, 0.3) is 0 Å². The summed E-state index contributed by atoms with van der Waals surface area (Å²) in [6.07, 6.45) is 5.24. The predicted octanol–water partition coefficient (Wildman–Crippen LogP) is 3.36. The molecule has 0 radical (unpaired) electrons. The van der Waals surface area contributed by atoms with E-state index in [2.05, 4.69) is 31.3 Å². The Hall–Kier alpha value is -2.34. The Morgan fingerprint density at radius 1 is 1.10 bits per heavy atom. The van der Waals surface area contributed by atoms with Gasteiger partial charge in [-0.25, -0.2) is 15.0 Å². The van der Waals surface area contributed by atoms with Crippen LogP contribution in [0.1, 0.15) is 11.1 Å². The molecule has 0 atom stereocenters. The Kier molecular flexibility index (Phi) is 3.39. The van der Waals surface area contributed by atoms with Crippen molar-refractivity contribution in [2.75, 3.05) is 5.32 Å². The molecule has 0 saturated heterocycles. The first-order valence-electron chi connectivity index (χ1n) is 6.15. The number of rotatable bonds is 3. The van der Waals surface area contributed by atoms with Crippen LogP contribution in [0, 0.1) is 13.8 Å². The van der Waals surface area contributed by atoms with Gasteiger partial charge in [-0.15, -0.1) is 11.3 Å². The fraction of sp³-hybridized carbons (Fsp3) is 0.143. The summed E-state index contributed by atoms with van der Waals surface area (Å²) >= 11 is 1.51. The van der Waals surface area contributed by atoms with Crippen LogP contribution in [0.3, 0.4) is 0 Å². The highest BCUT2D eigenvalue weighted by Crippen LogP contribution is 2.27. The van der Waals surface area contributed by atoms with Crippen LogP contribution in [0.2, 0.25) is 0 Å². The molecular weight excluding hydrogens is 270 g/mol. The molecule has 3 aromatic rings. The molecular formula is C14H13N5S. The standard InChI is InChI=1S/C14H13N5S/c1-9-6-10(2)12(17-7-9)11-8-20-14(18-11)19-13-15-4-3-5-16-13/h3-8H,1-2H3,(H,15,16,18,19). The number of anilines is 2. The molecule has 6 heteroatoms. The molecule has 0 bridgehead atoms. The van der Waals surface area contributed by atoms with Crippen LogP contribution in [-0.4, -0.2) is 19.9 Å². The molecule has 0 aliphatic heterocycles. The molecule has 3 heterocycles. The van der Waals surface area contributed by atoms with Crippen molar-refractivity contribution < 1.29 is 0 Å². The van der Waals surface area contributed by atoms with Gasteiger partial charge in [0.05, 0.1) is 5.69 Å². The number of hydrogen-bond acceptors (Lipinski definition) is 6. The van der Waals surface area contributed by atoms with Gasteiger partial charge < -0.3 is 5.32 Å². The lowest BCUT2D eigenvalue weighted by atomic mass is 10.1. The third-order valence-corrected chi connectivity index (χ3v) is 3.50. The van der Waals surface area contributed by atoms with E-state index in [0.717, 1.165) is 27.6 Å². The van der Waals surface area contributed by atoms with Gasteiger partial charge in [-0.2, -0.15) is 0 Å². The third-order valence-electron chi connectivity index (χ3n) is 2.75. The second-order valence-electron chi connectivity index (χ2n) is 4.41. The van der Waals surface area contributed by atoms with Gasteiger partial charge in [0.1, 0.15) is 5.69 Å². The molecule has 3 aromatic heterocycles. The summed E-state index contributed by atoms with van der Waals surface area (Å²) in [6.45, 7) is 4.08. The zero-order valence-corrected chi connectivity index (χ0v) is 12.0. The molecule has 0 saturated carbocycles. The molecule has 0 amide bonds. The zero-order chi connectivity index (χ0) is 13.9. The van der Waals surface area contributed by atoms with Gasteiger partial charge in [-0.1, -0.05) is 6.07 Å². The van der Waals surface area contributed by atoms with E-state index < -0.39 is 0 Å². The average molecular weight is 283 g/mol. The first-order valence-corrected chi connectivity index (χ1v) is 7.03. The van der Waals surface area contributed by atoms with Crippen molar-refractivity contribution in [2.24, 2.45) is 0 Å². The zero-order valence-electron chi connectivity index (χ0n) is 11.2. The first-order chi connectivity index (χ1) is 9.72. The maximum Gasteiger partial charge on any atom is 0.228 e. The van der Waals surface area contributed by atoms with Crippen LogP contribution in [0.5, 0.6) is 0 Å². The Morgan fingerprint density at radius 3 is 2.65 bits per heavy atom. The normalized spacial score (nSPS) is 10.5. The van der Waals surface area contributed by atoms with Gasteiger partial charge in [-0.3, -0.25) is 4.98 Å². The van der Waals surface area contributed by atoms with Crippen molar-refractivity contribution in [1.82, 2.24) is 19.9 Å². The number of nitrogens with zero attached hydrogens (tertiary/aromatic N) is 4. The van der Waals surface area contributed by atoms with Crippen LogP contribution < -0.4 is 5.32 Å². The molecule has 0 aliphatic carbocycles. The van der Waals surface area contributed by atoms with Crippen molar-refractivity contribution >= 4 is 22.4 Å². The van der Waals surface area contributed by atoms with Crippen LogP contribution in [0.15, 0.2) is 36.1 Å². The SMILES string of the molecule is Cc1cnc(-c2csc(Nc3ncccn3)n2)c(C)c1. The fourth-order valence-corrected chi connectivity index (χ4v) is 2.57. The van der Waals surface area contributed by atoms with Crippen LogP contribution in [-0.2, 0) is 0 Å². The van der Waals surface area contributed by atoms with Crippen molar-refractivity contribution in [2.45, 2.75) is 13.8 Å². The lowest BCUT2D eigenvalue weighted by Gasteiger charge is -2.02. The van der Waals surface area contributed by atoms with Gasteiger partial charge in [0.15, 0.2) is 5.13 Å². The van der Waals surface area contributed by atoms with Crippen molar-refractivity contribution in [3.63, 3.8) is 0 Å². The number of thiazole rings is 1. The van der Waals surface area contributed by atoms with Crippen LogP contribution in [0.4, 0.5) is 11.1 Å². The van der Waals surface area contributed by atoms with E-state index in [9.17, 15) is 0 Å². The lowest BCUT2D eigenvalue weighted by molar-refractivity contribution is 1.16. The van der Waals surface area contributed by atoms with Crippen molar-refractivity contribution in [3.8, 4) is 11.4 Å².